The van der Waals surface area contributed by atoms with Crippen molar-refractivity contribution in [1.82, 2.24) is 14.5 Å². The molecule has 0 unspecified atom stereocenters. The number of carboxylic acids is 1. The fraction of sp³-hybridized carbons (Fsp3) is 0.261. The average Bonchev–Trinajstić information content (AvgIpc) is 3.22. The molecule has 6 nitrogen and oxygen atoms in total. The summed E-state index contributed by atoms with van der Waals surface area (Å²) in [6, 6.07) is 14.5. The van der Waals surface area contributed by atoms with Crippen LogP contribution in [0.5, 0.6) is 0 Å². The maximum Gasteiger partial charge on any atom is 0.336 e. The molecule has 1 amide bonds. The molecule has 0 spiro atoms. The largest absolute Gasteiger partial charge is 0.478 e. The molecule has 1 aromatic heterocycles. The molecule has 1 fully saturated rings. The lowest BCUT2D eigenvalue weighted by Crippen LogP contribution is -2.35. The van der Waals surface area contributed by atoms with Crippen molar-refractivity contribution < 1.29 is 14.7 Å². The summed E-state index contributed by atoms with van der Waals surface area (Å²) < 4.78 is 1.92. The highest BCUT2D eigenvalue weighted by Crippen LogP contribution is 2.23. The van der Waals surface area contributed by atoms with Crippen LogP contribution in [-0.2, 0) is 6.54 Å². The second-order valence-corrected chi connectivity index (χ2v) is 7.28. The number of hydrogen-bond acceptors (Lipinski definition) is 3. The third-order valence-corrected chi connectivity index (χ3v) is 5.31. The number of rotatable bonds is 5. The van der Waals surface area contributed by atoms with Crippen molar-refractivity contribution in [2.24, 2.45) is 0 Å². The Kier molecular flexibility index (Phi) is 5.42. The first kappa shape index (κ1) is 18.9. The Morgan fingerprint density at radius 1 is 0.966 bits per heavy atom. The normalized spacial score (nSPS) is 14.0. The van der Waals surface area contributed by atoms with E-state index in [-0.39, 0.29) is 11.5 Å². The maximum absolute atomic E-state index is 12.6. The number of imidazole rings is 1. The van der Waals surface area contributed by atoms with E-state index < -0.39 is 5.97 Å². The minimum absolute atomic E-state index is 0.0926. The number of benzene rings is 2. The second kappa shape index (κ2) is 8.31. The van der Waals surface area contributed by atoms with Crippen molar-refractivity contribution in [2.45, 2.75) is 25.8 Å². The second-order valence-electron chi connectivity index (χ2n) is 7.28. The van der Waals surface area contributed by atoms with Crippen LogP contribution in [-0.4, -0.2) is 44.5 Å². The number of aromatic nitrogens is 2. The predicted octanol–water partition coefficient (Wildman–Crippen LogP) is 3.92. The molecule has 1 aliphatic heterocycles. The number of amides is 1. The molecule has 1 N–H and O–H groups in total. The summed E-state index contributed by atoms with van der Waals surface area (Å²) in [7, 11) is 0. The molecule has 0 saturated carbocycles. The molecule has 1 aliphatic rings. The van der Waals surface area contributed by atoms with E-state index in [1.165, 1.54) is 6.42 Å². The predicted molar refractivity (Wildman–Crippen MR) is 110 cm³/mol. The number of piperidine rings is 1. The van der Waals surface area contributed by atoms with Crippen LogP contribution in [0.3, 0.4) is 0 Å². The molecule has 6 heteroatoms. The van der Waals surface area contributed by atoms with E-state index in [2.05, 4.69) is 4.98 Å². The van der Waals surface area contributed by atoms with Crippen molar-refractivity contribution in [3.05, 3.63) is 77.6 Å². The Morgan fingerprint density at radius 2 is 1.69 bits per heavy atom. The summed E-state index contributed by atoms with van der Waals surface area (Å²) in [6.07, 6.45) is 6.85. The van der Waals surface area contributed by atoms with Crippen LogP contribution in [0.2, 0.25) is 0 Å². The van der Waals surface area contributed by atoms with Gasteiger partial charge >= 0.3 is 5.97 Å². The van der Waals surface area contributed by atoms with E-state index in [4.69, 9.17) is 0 Å². The molecule has 0 aliphatic carbocycles. The standard InChI is InChI=1S/C23H23N3O3/c27-22(25-13-4-1-5-14-25)18-10-8-17(9-11-18)16-26-15-12-24-21(26)19-6-2-3-7-20(19)23(28)29/h2-3,6-12,15H,1,4-5,13-14,16H2,(H,28,29). The monoisotopic (exact) mass is 389 g/mol. The summed E-state index contributed by atoms with van der Waals surface area (Å²) in [6.45, 7) is 2.21. The number of carbonyl (C=O) groups is 2. The first-order valence-corrected chi connectivity index (χ1v) is 9.85. The molecule has 4 rings (SSSR count). The fourth-order valence-corrected chi connectivity index (χ4v) is 3.77. The number of nitrogens with zero attached hydrogens (tertiary/aromatic N) is 3. The highest BCUT2D eigenvalue weighted by Gasteiger charge is 2.18. The maximum atomic E-state index is 12.6. The SMILES string of the molecule is O=C(O)c1ccccc1-c1nccn1Cc1ccc(C(=O)N2CCCCC2)cc1. The highest BCUT2D eigenvalue weighted by molar-refractivity contribution is 5.95. The van der Waals surface area contributed by atoms with Gasteiger partial charge in [-0.1, -0.05) is 30.3 Å². The van der Waals surface area contributed by atoms with Crippen LogP contribution >= 0.6 is 0 Å². The molecular weight excluding hydrogens is 366 g/mol. The van der Waals surface area contributed by atoms with Gasteiger partial charge in [-0.2, -0.15) is 0 Å². The number of hydrogen-bond donors (Lipinski definition) is 1. The van der Waals surface area contributed by atoms with E-state index in [1.54, 1.807) is 24.4 Å². The van der Waals surface area contributed by atoms with E-state index >= 15 is 0 Å². The zero-order chi connectivity index (χ0) is 20.2. The summed E-state index contributed by atoms with van der Waals surface area (Å²) in [5, 5.41) is 9.46. The van der Waals surface area contributed by atoms with Crippen molar-refractivity contribution in [1.29, 1.82) is 0 Å². The van der Waals surface area contributed by atoms with E-state index in [0.29, 0.717) is 23.5 Å². The molecule has 3 aromatic rings. The quantitative estimate of drug-likeness (QED) is 0.718. The summed E-state index contributed by atoms with van der Waals surface area (Å²) in [4.78, 5) is 30.5. The van der Waals surface area contributed by atoms with Crippen molar-refractivity contribution in [3.63, 3.8) is 0 Å². The van der Waals surface area contributed by atoms with Crippen molar-refractivity contribution in [2.75, 3.05) is 13.1 Å². The Hall–Kier alpha value is -3.41. The highest BCUT2D eigenvalue weighted by atomic mass is 16.4. The van der Waals surface area contributed by atoms with Gasteiger partial charge in [0.25, 0.3) is 5.91 Å². The summed E-state index contributed by atoms with van der Waals surface area (Å²) in [5.41, 5.74) is 2.54. The van der Waals surface area contributed by atoms with Crippen LogP contribution < -0.4 is 0 Å². The van der Waals surface area contributed by atoms with Gasteiger partial charge in [0.2, 0.25) is 0 Å². The summed E-state index contributed by atoms with van der Waals surface area (Å²) >= 11 is 0. The molecule has 0 atom stereocenters. The Labute approximate surface area is 169 Å². The van der Waals surface area contributed by atoms with Gasteiger partial charge in [-0.3, -0.25) is 4.79 Å². The zero-order valence-corrected chi connectivity index (χ0v) is 16.1. The van der Waals surface area contributed by atoms with E-state index in [0.717, 1.165) is 31.5 Å². The van der Waals surface area contributed by atoms with Crippen molar-refractivity contribution >= 4 is 11.9 Å². The first-order chi connectivity index (χ1) is 14.1. The van der Waals surface area contributed by atoms with Gasteiger partial charge in [0.05, 0.1) is 5.56 Å². The first-order valence-electron chi connectivity index (χ1n) is 9.85. The van der Waals surface area contributed by atoms with Gasteiger partial charge in [-0.25, -0.2) is 9.78 Å². The van der Waals surface area contributed by atoms with Crippen LogP contribution in [0, 0.1) is 0 Å². The van der Waals surface area contributed by atoms with E-state index in [1.807, 2.05) is 46.0 Å². The molecule has 2 heterocycles. The molecular formula is C23H23N3O3. The molecule has 148 valence electrons. The smallest absolute Gasteiger partial charge is 0.336 e. The van der Waals surface area contributed by atoms with Crippen LogP contribution in [0.4, 0.5) is 0 Å². The van der Waals surface area contributed by atoms with Gasteiger partial charge in [-0.15, -0.1) is 0 Å². The van der Waals surface area contributed by atoms with Gasteiger partial charge in [0.1, 0.15) is 5.82 Å². The average molecular weight is 389 g/mol. The number of aromatic carboxylic acids is 1. The lowest BCUT2D eigenvalue weighted by atomic mass is 10.1. The van der Waals surface area contributed by atoms with Crippen LogP contribution in [0.25, 0.3) is 11.4 Å². The lowest BCUT2D eigenvalue weighted by Gasteiger charge is -2.26. The van der Waals surface area contributed by atoms with Crippen LogP contribution in [0.1, 0.15) is 45.5 Å². The third kappa shape index (κ3) is 4.06. The van der Waals surface area contributed by atoms with Gasteiger partial charge in [-0.05, 0) is 43.0 Å². The van der Waals surface area contributed by atoms with Gasteiger partial charge in [0, 0.05) is 43.2 Å². The number of carboxylic acid groups (broad SMARTS) is 1. The minimum Gasteiger partial charge on any atom is -0.478 e. The minimum atomic E-state index is -0.976. The molecule has 29 heavy (non-hydrogen) atoms. The Balaban J connectivity index is 1.53. The van der Waals surface area contributed by atoms with E-state index in [9.17, 15) is 14.7 Å². The zero-order valence-electron chi connectivity index (χ0n) is 16.1. The lowest BCUT2D eigenvalue weighted by molar-refractivity contribution is 0.0695. The molecule has 0 bridgehead atoms. The number of likely N-dealkylation sites (tertiary alicyclic amines) is 1. The van der Waals surface area contributed by atoms with Crippen LogP contribution in [0.15, 0.2) is 60.9 Å². The topological polar surface area (TPSA) is 75.4 Å². The number of carbonyl (C=O) groups excluding carboxylic acids is 1. The molecule has 1 saturated heterocycles. The van der Waals surface area contributed by atoms with Gasteiger partial charge < -0.3 is 14.6 Å². The Bertz CT molecular complexity index is 1020. The fourth-order valence-electron chi connectivity index (χ4n) is 3.77. The van der Waals surface area contributed by atoms with Gasteiger partial charge in [0.15, 0.2) is 0 Å². The Morgan fingerprint density at radius 3 is 2.41 bits per heavy atom. The molecule has 2 aromatic carbocycles. The van der Waals surface area contributed by atoms with Crippen molar-refractivity contribution in [3.8, 4) is 11.4 Å². The third-order valence-electron chi connectivity index (χ3n) is 5.31. The summed E-state index contributed by atoms with van der Waals surface area (Å²) in [5.74, 6) is -0.276. The molecule has 0 radical (unpaired) electrons.